The molecular formula is C9H10Cl2FN. The van der Waals surface area contributed by atoms with Gasteiger partial charge in [-0.15, -0.1) is 19.0 Å². The van der Waals surface area contributed by atoms with Crippen molar-refractivity contribution in [2.45, 2.75) is 6.04 Å². The quantitative estimate of drug-likeness (QED) is 0.764. The smallest absolute Gasteiger partial charge is 0.142 e. The number of hydrogen-bond acceptors (Lipinski definition) is 1. The molecule has 1 atom stereocenters. The van der Waals surface area contributed by atoms with Crippen molar-refractivity contribution in [2.75, 3.05) is 0 Å². The molecule has 1 aromatic rings. The zero-order valence-corrected chi connectivity index (χ0v) is 8.41. The van der Waals surface area contributed by atoms with Gasteiger partial charge in [-0.05, 0) is 17.7 Å². The van der Waals surface area contributed by atoms with E-state index in [9.17, 15) is 4.39 Å². The third kappa shape index (κ3) is 2.99. The molecule has 0 radical (unpaired) electrons. The molecule has 0 heterocycles. The third-order valence-corrected chi connectivity index (χ3v) is 1.89. The first kappa shape index (κ1) is 12.4. The Morgan fingerprint density at radius 1 is 1.54 bits per heavy atom. The summed E-state index contributed by atoms with van der Waals surface area (Å²) in [5, 5.41) is 0.106. The van der Waals surface area contributed by atoms with E-state index in [0.29, 0.717) is 5.56 Å². The molecule has 0 aliphatic rings. The van der Waals surface area contributed by atoms with Crippen LogP contribution in [0, 0.1) is 5.82 Å². The zero-order chi connectivity index (χ0) is 9.14. The van der Waals surface area contributed by atoms with Crippen molar-refractivity contribution in [2.24, 2.45) is 5.73 Å². The van der Waals surface area contributed by atoms with Gasteiger partial charge in [0, 0.05) is 6.04 Å². The monoisotopic (exact) mass is 221 g/mol. The van der Waals surface area contributed by atoms with Crippen molar-refractivity contribution < 1.29 is 4.39 Å². The lowest BCUT2D eigenvalue weighted by Gasteiger charge is -2.06. The van der Waals surface area contributed by atoms with Crippen LogP contribution in [0.25, 0.3) is 0 Å². The van der Waals surface area contributed by atoms with Crippen LogP contribution in [-0.4, -0.2) is 0 Å². The Hall–Kier alpha value is -0.570. The molecule has 1 aromatic carbocycles. The van der Waals surface area contributed by atoms with Crippen molar-refractivity contribution in [1.82, 2.24) is 0 Å². The summed E-state index contributed by atoms with van der Waals surface area (Å²) in [5.41, 5.74) is 6.26. The summed E-state index contributed by atoms with van der Waals surface area (Å²) < 4.78 is 12.9. The Morgan fingerprint density at radius 3 is 2.62 bits per heavy atom. The van der Waals surface area contributed by atoms with Crippen molar-refractivity contribution in [3.8, 4) is 0 Å². The minimum atomic E-state index is -0.452. The minimum absolute atomic E-state index is 0. The summed E-state index contributed by atoms with van der Waals surface area (Å²) in [4.78, 5) is 0. The Morgan fingerprint density at radius 2 is 2.15 bits per heavy atom. The van der Waals surface area contributed by atoms with Gasteiger partial charge in [0.15, 0.2) is 0 Å². The predicted molar refractivity (Wildman–Crippen MR) is 55.8 cm³/mol. The van der Waals surface area contributed by atoms with Crippen LogP contribution in [0.15, 0.2) is 30.9 Å². The molecule has 0 amide bonds. The number of halogens is 3. The van der Waals surface area contributed by atoms with Crippen LogP contribution < -0.4 is 5.73 Å². The second-order valence-electron chi connectivity index (χ2n) is 2.44. The van der Waals surface area contributed by atoms with Crippen molar-refractivity contribution in [3.05, 3.63) is 47.3 Å². The molecule has 13 heavy (non-hydrogen) atoms. The fraction of sp³-hybridized carbons (Fsp3) is 0.111. The van der Waals surface area contributed by atoms with Crippen LogP contribution in [0.1, 0.15) is 11.6 Å². The van der Waals surface area contributed by atoms with Gasteiger partial charge < -0.3 is 5.73 Å². The highest BCUT2D eigenvalue weighted by molar-refractivity contribution is 6.30. The predicted octanol–water partition coefficient (Wildman–Crippen LogP) is 3.09. The van der Waals surface area contributed by atoms with E-state index in [4.69, 9.17) is 17.3 Å². The molecule has 0 fully saturated rings. The zero-order valence-electron chi connectivity index (χ0n) is 6.84. The van der Waals surface area contributed by atoms with E-state index in [2.05, 4.69) is 6.58 Å². The number of rotatable bonds is 2. The van der Waals surface area contributed by atoms with E-state index in [0.717, 1.165) is 0 Å². The average molecular weight is 222 g/mol. The lowest BCUT2D eigenvalue weighted by Crippen LogP contribution is -2.06. The van der Waals surface area contributed by atoms with Crippen molar-refractivity contribution in [1.29, 1.82) is 0 Å². The Kier molecular flexibility index (Phi) is 4.99. The van der Waals surface area contributed by atoms with Crippen LogP contribution in [0.2, 0.25) is 5.02 Å². The number of nitrogens with two attached hydrogens (primary N) is 1. The Labute approximate surface area is 87.8 Å². The van der Waals surface area contributed by atoms with Crippen molar-refractivity contribution >= 4 is 24.0 Å². The molecule has 0 unspecified atom stereocenters. The highest BCUT2D eigenvalue weighted by Gasteiger charge is 2.04. The second kappa shape index (κ2) is 5.22. The van der Waals surface area contributed by atoms with E-state index in [-0.39, 0.29) is 23.5 Å². The third-order valence-electron chi connectivity index (χ3n) is 1.58. The minimum Gasteiger partial charge on any atom is -0.321 e. The summed E-state index contributed by atoms with van der Waals surface area (Å²) in [6.07, 6.45) is 1.54. The van der Waals surface area contributed by atoms with Gasteiger partial charge in [0.1, 0.15) is 5.82 Å². The maximum atomic E-state index is 12.9. The standard InChI is InChI=1S/C9H9ClFN.ClH/c1-2-9(12)6-3-4-7(10)8(11)5-6;/h2-5,9H,1,12H2;1H/t9-;/m1./s1. The summed E-state index contributed by atoms with van der Waals surface area (Å²) in [5.74, 6) is -0.452. The maximum absolute atomic E-state index is 12.9. The van der Waals surface area contributed by atoms with Crippen LogP contribution in [0.4, 0.5) is 4.39 Å². The molecule has 1 nitrogen and oxygen atoms in total. The molecule has 0 saturated carbocycles. The maximum Gasteiger partial charge on any atom is 0.142 e. The van der Waals surface area contributed by atoms with Gasteiger partial charge in [0.25, 0.3) is 0 Å². The summed E-state index contributed by atoms with van der Waals surface area (Å²) in [6, 6.07) is 4.14. The molecule has 72 valence electrons. The first-order valence-corrected chi connectivity index (χ1v) is 3.86. The van der Waals surface area contributed by atoms with Gasteiger partial charge in [-0.1, -0.05) is 23.7 Å². The first-order valence-electron chi connectivity index (χ1n) is 3.48. The molecule has 0 spiro atoms. The first-order chi connectivity index (χ1) is 5.65. The molecular weight excluding hydrogens is 212 g/mol. The van der Waals surface area contributed by atoms with Crippen LogP contribution in [-0.2, 0) is 0 Å². The molecule has 0 aliphatic carbocycles. The highest BCUT2D eigenvalue weighted by atomic mass is 35.5. The fourth-order valence-corrected chi connectivity index (χ4v) is 0.973. The van der Waals surface area contributed by atoms with E-state index in [1.165, 1.54) is 12.1 Å². The topological polar surface area (TPSA) is 26.0 Å². The molecule has 0 bridgehead atoms. The normalized spacial score (nSPS) is 11.6. The molecule has 1 rings (SSSR count). The van der Waals surface area contributed by atoms with Crippen molar-refractivity contribution in [3.63, 3.8) is 0 Å². The van der Waals surface area contributed by atoms with Gasteiger partial charge in [-0.2, -0.15) is 0 Å². The van der Waals surface area contributed by atoms with Gasteiger partial charge in [0.2, 0.25) is 0 Å². The van der Waals surface area contributed by atoms with Crippen LogP contribution >= 0.6 is 24.0 Å². The van der Waals surface area contributed by atoms with Crippen LogP contribution in [0.5, 0.6) is 0 Å². The summed E-state index contributed by atoms with van der Waals surface area (Å²) in [7, 11) is 0. The van der Waals surface area contributed by atoms with Gasteiger partial charge in [-0.3, -0.25) is 0 Å². The fourth-order valence-electron chi connectivity index (χ4n) is 0.856. The van der Waals surface area contributed by atoms with E-state index in [1.54, 1.807) is 12.1 Å². The largest absolute Gasteiger partial charge is 0.321 e. The number of benzene rings is 1. The summed E-state index contributed by atoms with van der Waals surface area (Å²) >= 11 is 5.49. The lowest BCUT2D eigenvalue weighted by atomic mass is 10.1. The SMILES string of the molecule is C=C[C@@H](N)c1ccc(Cl)c(F)c1.Cl. The van der Waals surface area contributed by atoms with Gasteiger partial charge >= 0.3 is 0 Å². The van der Waals surface area contributed by atoms with E-state index >= 15 is 0 Å². The Balaban J connectivity index is 0.00000144. The van der Waals surface area contributed by atoms with Crippen LogP contribution in [0.3, 0.4) is 0 Å². The lowest BCUT2D eigenvalue weighted by molar-refractivity contribution is 0.624. The van der Waals surface area contributed by atoms with Gasteiger partial charge in [-0.25, -0.2) is 4.39 Å². The highest BCUT2D eigenvalue weighted by Crippen LogP contribution is 2.19. The molecule has 2 N–H and O–H groups in total. The second-order valence-corrected chi connectivity index (χ2v) is 2.84. The average Bonchev–Trinajstić information content (AvgIpc) is 2.08. The number of hydrogen-bond donors (Lipinski definition) is 1. The van der Waals surface area contributed by atoms with Gasteiger partial charge in [0.05, 0.1) is 5.02 Å². The molecule has 4 heteroatoms. The molecule has 0 saturated heterocycles. The molecule has 0 aromatic heterocycles. The Bertz CT molecular complexity index is 302. The molecule has 0 aliphatic heterocycles. The summed E-state index contributed by atoms with van der Waals surface area (Å²) in [6.45, 7) is 3.51. The van der Waals surface area contributed by atoms with E-state index < -0.39 is 5.82 Å². The van der Waals surface area contributed by atoms with E-state index in [1.807, 2.05) is 0 Å².